The van der Waals surface area contributed by atoms with Crippen molar-refractivity contribution in [3.05, 3.63) is 52.5 Å². The zero-order chi connectivity index (χ0) is 19.6. The van der Waals surface area contributed by atoms with Gasteiger partial charge in [-0.2, -0.15) is 13.2 Å². The largest absolute Gasteiger partial charge is 0.417 e. The number of halogens is 5. The molecule has 0 spiro atoms. The molecule has 0 bridgehead atoms. The maximum absolute atomic E-state index is 12.7. The van der Waals surface area contributed by atoms with E-state index in [1.54, 1.807) is 12.1 Å². The Morgan fingerprint density at radius 1 is 0.889 bits per heavy atom. The standard InChI is InChI=1S/C15H10Cl2F3N7/c16-8-1-2-10(22-5-8)26-13-11(21)14(25-6-24-13)27-12-9(17)3-7(4-23-12)15(18,19)20/h1-6H,21H2,(H2,22,23,24,25,26,27). The maximum atomic E-state index is 12.7. The van der Waals surface area contributed by atoms with Crippen LogP contribution in [0.15, 0.2) is 36.9 Å². The molecule has 0 aromatic carbocycles. The highest BCUT2D eigenvalue weighted by Gasteiger charge is 2.31. The molecule has 0 fully saturated rings. The Bertz CT molecular complexity index is 965. The lowest BCUT2D eigenvalue weighted by Crippen LogP contribution is -2.08. The van der Waals surface area contributed by atoms with Gasteiger partial charge in [0, 0.05) is 12.4 Å². The number of hydrogen-bond donors (Lipinski definition) is 3. The second kappa shape index (κ2) is 7.41. The number of nitrogens with one attached hydrogen (secondary N) is 2. The number of alkyl halides is 3. The summed E-state index contributed by atoms with van der Waals surface area (Å²) in [7, 11) is 0. The summed E-state index contributed by atoms with van der Waals surface area (Å²) in [5.41, 5.74) is 5.13. The van der Waals surface area contributed by atoms with Crippen LogP contribution >= 0.6 is 23.2 Å². The van der Waals surface area contributed by atoms with Crippen molar-refractivity contribution in [1.29, 1.82) is 0 Å². The van der Waals surface area contributed by atoms with E-state index >= 15 is 0 Å². The smallest absolute Gasteiger partial charge is 0.393 e. The summed E-state index contributed by atoms with van der Waals surface area (Å²) in [6.07, 6.45) is -1.25. The van der Waals surface area contributed by atoms with E-state index in [0.29, 0.717) is 17.0 Å². The van der Waals surface area contributed by atoms with Crippen LogP contribution in [0, 0.1) is 0 Å². The molecule has 3 heterocycles. The van der Waals surface area contributed by atoms with Crippen LogP contribution in [0.3, 0.4) is 0 Å². The van der Waals surface area contributed by atoms with Crippen molar-refractivity contribution in [2.75, 3.05) is 16.4 Å². The van der Waals surface area contributed by atoms with Crippen LogP contribution < -0.4 is 16.4 Å². The zero-order valence-corrected chi connectivity index (χ0v) is 14.7. The number of nitrogens with zero attached hydrogens (tertiary/aromatic N) is 4. The molecule has 0 amide bonds. The summed E-state index contributed by atoms with van der Waals surface area (Å²) in [4.78, 5) is 15.7. The van der Waals surface area contributed by atoms with E-state index in [1.165, 1.54) is 12.5 Å². The first-order valence-electron chi connectivity index (χ1n) is 7.23. The third-order valence-electron chi connectivity index (χ3n) is 3.26. The van der Waals surface area contributed by atoms with Gasteiger partial charge in [-0.05, 0) is 18.2 Å². The summed E-state index contributed by atoms with van der Waals surface area (Å²) in [5, 5.41) is 5.79. The van der Waals surface area contributed by atoms with Crippen molar-refractivity contribution in [1.82, 2.24) is 19.9 Å². The Morgan fingerprint density at radius 3 is 2.19 bits per heavy atom. The first-order valence-corrected chi connectivity index (χ1v) is 7.98. The summed E-state index contributed by atoms with van der Waals surface area (Å²) in [6, 6.07) is 4.00. The number of nitrogens with two attached hydrogens (primary N) is 1. The molecule has 0 aliphatic rings. The molecule has 3 aromatic heterocycles. The van der Waals surface area contributed by atoms with Crippen molar-refractivity contribution in [3.8, 4) is 0 Å². The number of anilines is 5. The van der Waals surface area contributed by atoms with Gasteiger partial charge in [-0.15, -0.1) is 0 Å². The Morgan fingerprint density at radius 2 is 1.59 bits per heavy atom. The predicted octanol–water partition coefficient (Wildman–Crippen LogP) is 4.66. The van der Waals surface area contributed by atoms with Gasteiger partial charge in [0.1, 0.15) is 23.7 Å². The Hall–Kier alpha value is -2.85. The zero-order valence-electron chi connectivity index (χ0n) is 13.2. The number of nitrogen functional groups attached to an aromatic ring is 1. The van der Waals surface area contributed by atoms with Crippen LogP contribution in [-0.4, -0.2) is 19.9 Å². The minimum absolute atomic E-state index is 0.0364. The lowest BCUT2D eigenvalue weighted by atomic mass is 10.2. The molecular weight excluding hydrogens is 406 g/mol. The number of hydrogen-bond acceptors (Lipinski definition) is 7. The van der Waals surface area contributed by atoms with Crippen molar-refractivity contribution in [2.24, 2.45) is 0 Å². The Labute approximate surface area is 160 Å². The first-order chi connectivity index (χ1) is 12.7. The Balaban J connectivity index is 1.85. The van der Waals surface area contributed by atoms with Crippen molar-refractivity contribution in [2.45, 2.75) is 6.18 Å². The van der Waals surface area contributed by atoms with Crippen LogP contribution in [0.1, 0.15) is 5.56 Å². The summed E-state index contributed by atoms with van der Waals surface area (Å²) < 4.78 is 38.1. The molecule has 0 unspecified atom stereocenters. The second-order valence-electron chi connectivity index (χ2n) is 5.15. The average molecular weight is 416 g/mol. The van der Waals surface area contributed by atoms with Gasteiger partial charge < -0.3 is 16.4 Å². The highest BCUT2D eigenvalue weighted by molar-refractivity contribution is 6.33. The summed E-state index contributed by atoms with van der Waals surface area (Å²) >= 11 is 11.6. The molecule has 0 radical (unpaired) electrons. The molecule has 3 aromatic rings. The van der Waals surface area contributed by atoms with Gasteiger partial charge in [0.05, 0.1) is 15.6 Å². The van der Waals surface area contributed by atoms with E-state index in [9.17, 15) is 13.2 Å². The molecule has 7 nitrogen and oxygen atoms in total. The van der Waals surface area contributed by atoms with E-state index in [0.717, 1.165) is 6.07 Å². The topological polar surface area (TPSA) is 102 Å². The van der Waals surface area contributed by atoms with Crippen molar-refractivity contribution < 1.29 is 13.2 Å². The number of pyridine rings is 2. The maximum Gasteiger partial charge on any atom is 0.417 e. The average Bonchev–Trinajstić information content (AvgIpc) is 2.61. The van der Waals surface area contributed by atoms with E-state index in [4.69, 9.17) is 28.9 Å². The quantitative estimate of drug-likeness (QED) is 0.569. The molecule has 12 heteroatoms. The molecule has 140 valence electrons. The third kappa shape index (κ3) is 4.47. The van der Waals surface area contributed by atoms with E-state index in [1.807, 2.05) is 0 Å². The monoisotopic (exact) mass is 415 g/mol. The van der Waals surface area contributed by atoms with Crippen molar-refractivity contribution in [3.63, 3.8) is 0 Å². The van der Waals surface area contributed by atoms with Gasteiger partial charge in [-0.1, -0.05) is 23.2 Å². The van der Waals surface area contributed by atoms with E-state index in [2.05, 4.69) is 30.6 Å². The SMILES string of the molecule is Nc1c(Nc2ccc(Cl)cn2)ncnc1Nc1ncc(C(F)(F)F)cc1Cl. The fraction of sp³-hybridized carbons (Fsp3) is 0.0667. The van der Waals surface area contributed by atoms with Crippen LogP contribution in [0.25, 0.3) is 0 Å². The minimum Gasteiger partial charge on any atom is -0.393 e. The number of rotatable bonds is 4. The molecule has 27 heavy (non-hydrogen) atoms. The lowest BCUT2D eigenvalue weighted by molar-refractivity contribution is -0.137. The third-order valence-corrected chi connectivity index (χ3v) is 3.77. The predicted molar refractivity (Wildman–Crippen MR) is 96.5 cm³/mol. The van der Waals surface area contributed by atoms with E-state index in [-0.39, 0.29) is 28.2 Å². The minimum atomic E-state index is -4.55. The molecule has 0 atom stereocenters. The molecule has 0 aliphatic heterocycles. The number of aromatic nitrogens is 4. The van der Waals surface area contributed by atoms with Crippen LogP contribution in [0.5, 0.6) is 0 Å². The molecular formula is C15H10Cl2F3N7. The second-order valence-corrected chi connectivity index (χ2v) is 5.99. The molecule has 4 N–H and O–H groups in total. The fourth-order valence-electron chi connectivity index (χ4n) is 1.96. The van der Waals surface area contributed by atoms with Gasteiger partial charge in [0.2, 0.25) is 0 Å². The molecule has 0 aliphatic carbocycles. The molecule has 0 saturated heterocycles. The van der Waals surface area contributed by atoms with Gasteiger partial charge in [-0.25, -0.2) is 19.9 Å². The summed E-state index contributed by atoms with van der Waals surface area (Å²) in [5.74, 6) is 0.730. The van der Waals surface area contributed by atoms with Crippen LogP contribution in [0.2, 0.25) is 10.0 Å². The molecule has 3 rings (SSSR count). The van der Waals surface area contributed by atoms with Gasteiger partial charge >= 0.3 is 6.18 Å². The summed E-state index contributed by atoms with van der Waals surface area (Å²) in [6.45, 7) is 0. The highest BCUT2D eigenvalue weighted by Crippen LogP contribution is 2.34. The normalized spacial score (nSPS) is 11.3. The highest BCUT2D eigenvalue weighted by atomic mass is 35.5. The van der Waals surface area contributed by atoms with Crippen molar-refractivity contribution >= 4 is 52.2 Å². The van der Waals surface area contributed by atoms with Crippen LogP contribution in [0.4, 0.5) is 42.1 Å². The molecule has 0 saturated carbocycles. The fourth-order valence-corrected chi connectivity index (χ4v) is 2.29. The van der Waals surface area contributed by atoms with Gasteiger partial charge in [0.25, 0.3) is 0 Å². The van der Waals surface area contributed by atoms with Gasteiger partial charge in [0.15, 0.2) is 11.6 Å². The van der Waals surface area contributed by atoms with Crippen LogP contribution in [-0.2, 0) is 6.18 Å². The van der Waals surface area contributed by atoms with E-state index < -0.39 is 11.7 Å². The Kier molecular flexibility index (Phi) is 5.19. The van der Waals surface area contributed by atoms with Gasteiger partial charge in [-0.3, -0.25) is 0 Å². The lowest BCUT2D eigenvalue weighted by Gasteiger charge is -2.13. The first kappa shape index (κ1) is 18.9.